The minimum atomic E-state index is -0.881. The van der Waals surface area contributed by atoms with Crippen LogP contribution in [-0.4, -0.2) is 27.9 Å². The Hall–Kier alpha value is -0.400. The summed E-state index contributed by atoms with van der Waals surface area (Å²) in [5, 5.41) is 9.70. The summed E-state index contributed by atoms with van der Waals surface area (Å²) < 4.78 is 18.3. The molecule has 0 radical (unpaired) electrons. The molecule has 0 N–H and O–H groups in total. The summed E-state index contributed by atoms with van der Waals surface area (Å²) in [7, 11) is -0.881. The highest BCUT2D eigenvalue weighted by molar-refractivity contribution is 7.86. The van der Waals surface area contributed by atoms with Gasteiger partial charge in [-0.25, -0.2) is 0 Å². The predicted molar refractivity (Wildman–Crippen MR) is 81.7 cm³/mol. The standard InChI is InChI=1S/C16H27NO2S/c1-16(2,3)13-5-4-12(11-17)15(10-13)20(18)14-6-8-19-9-7-14/h12-15H,4-10H2,1-3H3. The van der Waals surface area contributed by atoms with Crippen molar-refractivity contribution in [2.24, 2.45) is 17.3 Å². The largest absolute Gasteiger partial charge is 0.381 e. The molecule has 2 rings (SSSR count). The Labute approximate surface area is 125 Å². The van der Waals surface area contributed by atoms with Gasteiger partial charge in [0.25, 0.3) is 0 Å². The summed E-state index contributed by atoms with van der Waals surface area (Å²) in [6.07, 6.45) is 4.75. The number of nitrogens with zero attached hydrogens (tertiary/aromatic N) is 1. The van der Waals surface area contributed by atoms with Gasteiger partial charge in [0.15, 0.2) is 0 Å². The van der Waals surface area contributed by atoms with Crippen LogP contribution >= 0.6 is 0 Å². The maximum Gasteiger partial charge on any atom is 0.0668 e. The molecule has 4 unspecified atom stereocenters. The van der Waals surface area contributed by atoms with Gasteiger partial charge in [-0.15, -0.1) is 0 Å². The summed E-state index contributed by atoms with van der Waals surface area (Å²) in [5.41, 5.74) is 0.249. The van der Waals surface area contributed by atoms with Crippen LogP contribution in [0.1, 0.15) is 52.9 Å². The van der Waals surface area contributed by atoms with Crippen molar-refractivity contribution in [2.75, 3.05) is 13.2 Å². The van der Waals surface area contributed by atoms with Crippen LogP contribution < -0.4 is 0 Å². The van der Waals surface area contributed by atoms with E-state index in [0.29, 0.717) is 5.92 Å². The van der Waals surface area contributed by atoms with Crippen molar-refractivity contribution in [3.8, 4) is 6.07 Å². The molecule has 3 nitrogen and oxygen atoms in total. The SMILES string of the molecule is CC(C)(C)C1CCC(C#N)C(S(=O)C2CCOCC2)C1. The third kappa shape index (κ3) is 3.62. The molecule has 1 saturated carbocycles. The molecule has 114 valence electrons. The summed E-state index contributed by atoms with van der Waals surface area (Å²) in [6.45, 7) is 8.24. The molecule has 1 aliphatic carbocycles. The van der Waals surface area contributed by atoms with Gasteiger partial charge in [-0.1, -0.05) is 20.8 Å². The number of ether oxygens (including phenoxy) is 1. The Bertz CT molecular complexity index is 390. The van der Waals surface area contributed by atoms with Crippen molar-refractivity contribution < 1.29 is 8.95 Å². The monoisotopic (exact) mass is 297 g/mol. The second-order valence-electron chi connectivity index (χ2n) is 7.29. The second kappa shape index (κ2) is 6.58. The first kappa shape index (κ1) is 16.0. The fourth-order valence-electron chi connectivity index (χ4n) is 3.48. The molecule has 1 saturated heterocycles. The van der Waals surface area contributed by atoms with E-state index in [1.165, 1.54) is 0 Å². The van der Waals surface area contributed by atoms with Crippen LogP contribution in [0.15, 0.2) is 0 Å². The van der Waals surface area contributed by atoms with Crippen molar-refractivity contribution in [3.05, 3.63) is 0 Å². The summed E-state index contributed by atoms with van der Waals surface area (Å²) >= 11 is 0. The molecular formula is C16H27NO2S. The first-order valence-electron chi connectivity index (χ1n) is 7.80. The smallest absolute Gasteiger partial charge is 0.0668 e. The lowest BCUT2D eigenvalue weighted by Gasteiger charge is -2.40. The highest BCUT2D eigenvalue weighted by Crippen LogP contribution is 2.42. The Balaban J connectivity index is 2.08. The maximum atomic E-state index is 12.9. The van der Waals surface area contributed by atoms with E-state index in [9.17, 15) is 9.47 Å². The average molecular weight is 297 g/mol. The summed E-state index contributed by atoms with van der Waals surface area (Å²) in [6, 6.07) is 2.42. The highest BCUT2D eigenvalue weighted by Gasteiger charge is 2.40. The molecule has 0 aromatic heterocycles. The first-order chi connectivity index (χ1) is 9.43. The minimum Gasteiger partial charge on any atom is -0.381 e. The zero-order valence-corrected chi connectivity index (χ0v) is 13.7. The zero-order valence-electron chi connectivity index (χ0n) is 12.9. The zero-order chi connectivity index (χ0) is 14.8. The second-order valence-corrected chi connectivity index (χ2v) is 9.22. The lowest BCUT2D eigenvalue weighted by molar-refractivity contribution is 0.0985. The van der Waals surface area contributed by atoms with E-state index in [4.69, 9.17) is 4.74 Å². The predicted octanol–water partition coefficient (Wildman–Crippen LogP) is 3.27. The average Bonchev–Trinajstić information content (AvgIpc) is 2.45. The third-order valence-electron chi connectivity index (χ3n) is 4.98. The molecule has 0 amide bonds. The van der Waals surface area contributed by atoms with Crippen molar-refractivity contribution in [3.63, 3.8) is 0 Å². The minimum absolute atomic E-state index is 0.0164. The van der Waals surface area contributed by atoms with Gasteiger partial charge in [-0.05, 0) is 43.4 Å². The van der Waals surface area contributed by atoms with Crippen LogP contribution in [0.4, 0.5) is 0 Å². The number of hydrogen-bond acceptors (Lipinski definition) is 3. The van der Waals surface area contributed by atoms with Gasteiger partial charge in [0.1, 0.15) is 0 Å². The third-order valence-corrected chi connectivity index (χ3v) is 7.22. The van der Waals surface area contributed by atoms with Crippen LogP contribution in [0, 0.1) is 28.6 Å². The molecule has 0 aromatic carbocycles. The number of nitriles is 1. The Morgan fingerprint density at radius 3 is 2.35 bits per heavy atom. The summed E-state index contributed by atoms with van der Waals surface area (Å²) in [5.74, 6) is 0.568. The lowest BCUT2D eigenvalue weighted by atomic mass is 9.70. The molecule has 1 heterocycles. The molecular weight excluding hydrogens is 270 g/mol. The molecule has 4 atom stereocenters. The van der Waals surface area contributed by atoms with Gasteiger partial charge in [-0.3, -0.25) is 4.21 Å². The van der Waals surface area contributed by atoms with E-state index in [2.05, 4.69) is 26.8 Å². The Kier molecular flexibility index (Phi) is 5.25. The van der Waals surface area contributed by atoms with Crippen LogP contribution in [-0.2, 0) is 15.5 Å². The molecule has 0 spiro atoms. The van der Waals surface area contributed by atoms with Gasteiger partial charge >= 0.3 is 0 Å². The van der Waals surface area contributed by atoms with E-state index >= 15 is 0 Å². The van der Waals surface area contributed by atoms with Gasteiger partial charge in [-0.2, -0.15) is 5.26 Å². The van der Waals surface area contributed by atoms with E-state index in [-0.39, 0.29) is 21.8 Å². The Morgan fingerprint density at radius 2 is 1.80 bits per heavy atom. The fourth-order valence-corrected chi connectivity index (χ4v) is 5.57. The van der Waals surface area contributed by atoms with Crippen LogP contribution in [0.5, 0.6) is 0 Å². The van der Waals surface area contributed by atoms with Crippen LogP contribution in [0.3, 0.4) is 0 Å². The van der Waals surface area contributed by atoms with E-state index in [1.54, 1.807) is 0 Å². The van der Waals surface area contributed by atoms with Crippen LogP contribution in [0.2, 0.25) is 0 Å². The van der Waals surface area contributed by atoms with Gasteiger partial charge in [0.05, 0.1) is 17.2 Å². The molecule has 20 heavy (non-hydrogen) atoms. The van der Waals surface area contributed by atoms with Crippen molar-refractivity contribution in [1.82, 2.24) is 0 Å². The summed E-state index contributed by atoms with van der Waals surface area (Å²) in [4.78, 5) is 0. The first-order valence-corrected chi connectivity index (χ1v) is 9.08. The lowest BCUT2D eigenvalue weighted by Crippen LogP contribution is -2.41. The number of hydrogen-bond donors (Lipinski definition) is 0. The van der Waals surface area contributed by atoms with E-state index in [0.717, 1.165) is 45.3 Å². The van der Waals surface area contributed by atoms with Gasteiger partial charge in [0.2, 0.25) is 0 Å². The van der Waals surface area contributed by atoms with Gasteiger partial charge < -0.3 is 4.74 Å². The highest BCUT2D eigenvalue weighted by atomic mass is 32.2. The molecule has 0 bridgehead atoms. The molecule has 2 aliphatic rings. The van der Waals surface area contributed by atoms with Crippen LogP contribution in [0.25, 0.3) is 0 Å². The Morgan fingerprint density at radius 1 is 1.15 bits per heavy atom. The van der Waals surface area contributed by atoms with Gasteiger partial charge in [0, 0.05) is 29.3 Å². The number of rotatable bonds is 2. The molecule has 0 aromatic rings. The quantitative estimate of drug-likeness (QED) is 0.786. The normalized spacial score (nSPS) is 34.4. The molecule has 1 aliphatic heterocycles. The van der Waals surface area contributed by atoms with Crippen molar-refractivity contribution >= 4 is 10.8 Å². The van der Waals surface area contributed by atoms with E-state index < -0.39 is 10.8 Å². The fraction of sp³-hybridized carbons (Fsp3) is 0.938. The van der Waals surface area contributed by atoms with Crippen molar-refractivity contribution in [1.29, 1.82) is 5.26 Å². The topological polar surface area (TPSA) is 50.1 Å². The maximum absolute atomic E-state index is 12.9. The van der Waals surface area contributed by atoms with Crippen molar-refractivity contribution in [2.45, 2.75) is 63.4 Å². The molecule has 4 heteroatoms. The van der Waals surface area contributed by atoms with E-state index in [1.807, 2.05) is 0 Å². The molecule has 2 fully saturated rings.